The Morgan fingerprint density at radius 2 is 1.73 bits per heavy atom. The zero-order valence-corrected chi connectivity index (χ0v) is 25.4. The summed E-state index contributed by atoms with van der Waals surface area (Å²) >= 11 is 0. The van der Waals surface area contributed by atoms with Crippen LogP contribution >= 0.6 is 0 Å². The van der Waals surface area contributed by atoms with Crippen LogP contribution in [0.15, 0.2) is 42.9 Å². The number of carboxylic acid groups (broad SMARTS) is 1. The molecule has 1 fully saturated rings. The number of hydrogen-bond donors (Lipinski definition) is 7. The first kappa shape index (κ1) is 34.7. The van der Waals surface area contributed by atoms with E-state index in [1.807, 2.05) is 30.3 Å². The molecule has 2 heterocycles. The van der Waals surface area contributed by atoms with Gasteiger partial charge in [-0.15, -0.1) is 0 Å². The van der Waals surface area contributed by atoms with E-state index >= 15 is 0 Å². The van der Waals surface area contributed by atoms with Crippen molar-refractivity contribution in [3.05, 3.63) is 54.1 Å². The number of primary amides is 1. The van der Waals surface area contributed by atoms with Crippen LogP contribution in [0.2, 0.25) is 0 Å². The number of aromatic amines is 1. The molecule has 9 N–H and O–H groups in total. The minimum absolute atomic E-state index is 0.0712. The van der Waals surface area contributed by atoms with Crippen molar-refractivity contribution in [2.24, 2.45) is 17.4 Å². The first-order valence-electron chi connectivity index (χ1n) is 14.9. The van der Waals surface area contributed by atoms with Crippen molar-refractivity contribution in [1.29, 1.82) is 0 Å². The predicted molar refractivity (Wildman–Crippen MR) is 162 cm³/mol. The fourth-order valence-corrected chi connectivity index (χ4v) is 5.17. The molecule has 1 aromatic carbocycles. The molecule has 244 valence electrons. The average Bonchev–Trinajstić information content (AvgIpc) is 3.71. The minimum atomic E-state index is -1.57. The van der Waals surface area contributed by atoms with Crippen molar-refractivity contribution in [1.82, 2.24) is 30.8 Å². The number of nitrogens with two attached hydrogens (primary N) is 2. The van der Waals surface area contributed by atoms with Crippen molar-refractivity contribution in [2.75, 3.05) is 6.54 Å². The number of H-pyrrole nitrogens is 1. The molecule has 15 nitrogen and oxygen atoms in total. The van der Waals surface area contributed by atoms with Gasteiger partial charge in [0.1, 0.15) is 24.2 Å². The maximum atomic E-state index is 13.9. The topological polar surface area (TPSA) is 243 Å². The molecule has 1 aliphatic rings. The number of carbonyl (C=O) groups excluding carboxylic acids is 5. The van der Waals surface area contributed by atoms with Crippen molar-refractivity contribution >= 4 is 35.5 Å². The Labute approximate surface area is 260 Å². The lowest BCUT2D eigenvalue weighted by Gasteiger charge is -2.31. The highest BCUT2D eigenvalue weighted by Gasteiger charge is 2.40. The van der Waals surface area contributed by atoms with E-state index in [0.29, 0.717) is 25.0 Å². The van der Waals surface area contributed by atoms with Gasteiger partial charge in [0.15, 0.2) is 0 Å². The molecular formula is C30H42N8O7. The summed E-state index contributed by atoms with van der Waals surface area (Å²) in [5.74, 6) is -5.20. The number of nitrogens with one attached hydrogen (secondary N) is 4. The van der Waals surface area contributed by atoms with E-state index in [0.717, 1.165) is 5.56 Å². The molecule has 0 bridgehead atoms. The highest BCUT2D eigenvalue weighted by molar-refractivity contribution is 5.96. The van der Waals surface area contributed by atoms with E-state index in [9.17, 15) is 33.9 Å². The summed E-state index contributed by atoms with van der Waals surface area (Å²) in [6.07, 6.45) is 3.96. The molecule has 6 atom stereocenters. The van der Waals surface area contributed by atoms with E-state index in [4.69, 9.17) is 11.5 Å². The number of carboxylic acids is 1. The Balaban J connectivity index is 1.76. The molecule has 15 heteroatoms. The van der Waals surface area contributed by atoms with Crippen molar-refractivity contribution < 1.29 is 33.9 Å². The summed E-state index contributed by atoms with van der Waals surface area (Å²) in [7, 11) is 0. The second-order valence-corrected chi connectivity index (χ2v) is 11.3. The number of benzene rings is 1. The highest BCUT2D eigenvalue weighted by atomic mass is 16.4. The van der Waals surface area contributed by atoms with Crippen LogP contribution < -0.4 is 27.4 Å². The molecule has 0 unspecified atom stereocenters. The molecule has 3 rings (SSSR count). The largest absolute Gasteiger partial charge is 0.480 e. The molecule has 1 saturated heterocycles. The van der Waals surface area contributed by atoms with Gasteiger partial charge in [0.05, 0.1) is 18.8 Å². The number of aromatic nitrogens is 2. The summed E-state index contributed by atoms with van der Waals surface area (Å²) in [5.41, 5.74) is 12.8. The maximum absolute atomic E-state index is 13.9. The zero-order valence-electron chi connectivity index (χ0n) is 25.4. The van der Waals surface area contributed by atoms with Crippen LogP contribution in [0.4, 0.5) is 0 Å². The van der Waals surface area contributed by atoms with Gasteiger partial charge in [-0.2, -0.15) is 0 Å². The Kier molecular flexibility index (Phi) is 12.6. The molecule has 45 heavy (non-hydrogen) atoms. The van der Waals surface area contributed by atoms with E-state index < -0.39 is 78.1 Å². The Bertz CT molecular complexity index is 1340. The number of imidazole rings is 1. The number of hydrogen-bond acceptors (Lipinski definition) is 8. The van der Waals surface area contributed by atoms with Crippen molar-refractivity contribution in [3.8, 4) is 0 Å². The quantitative estimate of drug-likeness (QED) is 0.120. The minimum Gasteiger partial charge on any atom is -0.480 e. The molecule has 0 spiro atoms. The zero-order chi connectivity index (χ0) is 33.1. The summed E-state index contributed by atoms with van der Waals surface area (Å²) in [6.45, 7) is 3.74. The summed E-state index contributed by atoms with van der Waals surface area (Å²) in [4.78, 5) is 84.9. The van der Waals surface area contributed by atoms with Gasteiger partial charge in [-0.1, -0.05) is 50.6 Å². The Hall–Kier alpha value is -4.79. The molecule has 1 aromatic heterocycles. The lowest BCUT2D eigenvalue weighted by Crippen LogP contribution is -2.59. The lowest BCUT2D eigenvalue weighted by molar-refractivity contribution is -0.144. The van der Waals surface area contributed by atoms with Crippen LogP contribution in [-0.2, 0) is 41.6 Å². The lowest BCUT2D eigenvalue weighted by atomic mass is 9.97. The summed E-state index contributed by atoms with van der Waals surface area (Å²) in [6, 6.07) is 3.57. The molecule has 1 aliphatic heterocycles. The maximum Gasteiger partial charge on any atom is 0.326 e. The number of amides is 5. The van der Waals surface area contributed by atoms with Gasteiger partial charge in [0.25, 0.3) is 0 Å². The number of aliphatic carboxylic acids is 1. The van der Waals surface area contributed by atoms with Crippen LogP contribution in [0.5, 0.6) is 0 Å². The van der Waals surface area contributed by atoms with Gasteiger partial charge < -0.3 is 42.4 Å². The third-order valence-electron chi connectivity index (χ3n) is 7.88. The third kappa shape index (κ3) is 9.86. The molecule has 0 saturated carbocycles. The van der Waals surface area contributed by atoms with Crippen LogP contribution in [0.3, 0.4) is 0 Å². The summed E-state index contributed by atoms with van der Waals surface area (Å²) < 4.78 is 0. The standard InChI is InChI=1S/C30H42N8O7/c1-3-17(2)25(28(42)36-22(30(44)45)14-24(32)39)37-27(41)23-10-7-11-38(23)29(43)21(13-19-15-33-16-34-19)35-26(40)20(31)12-18-8-5-4-6-9-18/h4-6,8-9,15-17,20-23,25H,3,7,10-14,31H2,1-2H3,(H2,32,39)(H,33,34)(H,35,40)(H,36,42)(H,37,41)(H,44,45)/t17-,20-,21-,22-,23-,25-/m0/s1. The second kappa shape index (κ2) is 16.3. The smallest absolute Gasteiger partial charge is 0.326 e. The number of likely N-dealkylation sites (tertiary alicyclic amines) is 1. The number of nitrogens with zero attached hydrogens (tertiary/aromatic N) is 2. The third-order valence-corrected chi connectivity index (χ3v) is 7.88. The van der Waals surface area contributed by atoms with E-state index in [1.54, 1.807) is 13.8 Å². The fraction of sp³-hybridized carbons (Fsp3) is 0.500. The molecule has 0 radical (unpaired) electrons. The first-order chi connectivity index (χ1) is 21.4. The van der Waals surface area contributed by atoms with E-state index in [2.05, 4.69) is 25.9 Å². The average molecular weight is 627 g/mol. The monoisotopic (exact) mass is 626 g/mol. The number of carbonyl (C=O) groups is 6. The van der Waals surface area contributed by atoms with E-state index in [1.165, 1.54) is 17.4 Å². The Morgan fingerprint density at radius 1 is 1.04 bits per heavy atom. The van der Waals surface area contributed by atoms with Crippen molar-refractivity contribution in [2.45, 2.75) is 82.6 Å². The van der Waals surface area contributed by atoms with Gasteiger partial charge in [0.2, 0.25) is 29.5 Å². The van der Waals surface area contributed by atoms with Gasteiger partial charge >= 0.3 is 5.97 Å². The molecule has 5 amide bonds. The normalized spacial score (nSPS) is 17.8. The highest BCUT2D eigenvalue weighted by Crippen LogP contribution is 2.21. The van der Waals surface area contributed by atoms with Crippen LogP contribution in [0, 0.1) is 5.92 Å². The van der Waals surface area contributed by atoms with Gasteiger partial charge in [-0.25, -0.2) is 9.78 Å². The van der Waals surface area contributed by atoms with Crippen LogP contribution in [-0.4, -0.2) is 92.2 Å². The SMILES string of the molecule is CC[C@H](C)[C@H](NC(=O)[C@@H]1CCCN1C(=O)[C@H](Cc1cnc[nH]1)NC(=O)[C@@H](N)Cc1ccccc1)C(=O)N[C@@H](CC(N)=O)C(=O)O. The molecule has 0 aliphatic carbocycles. The fourth-order valence-electron chi connectivity index (χ4n) is 5.17. The first-order valence-corrected chi connectivity index (χ1v) is 14.9. The summed E-state index contributed by atoms with van der Waals surface area (Å²) in [5, 5.41) is 17.1. The predicted octanol–water partition coefficient (Wildman–Crippen LogP) is -1.03. The second-order valence-electron chi connectivity index (χ2n) is 11.3. The van der Waals surface area contributed by atoms with Gasteiger partial charge in [-0.05, 0) is 30.7 Å². The van der Waals surface area contributed by atoms with Crippen LogP contribution in [0.1, 0.15) is 50.8 Å². The Morgan fingerprint density at radius 3 is 2.33 bits per heavy atom. The van der Waals surface area contributed by atoms with E-state index in [-0.39, 0.29) is 19.4 Å². The molecular weight excluding hydrogens is 584 g/mol. The van der Waals surface area contributed by atoms with Gasteiger partial charge in [-0.3, -0.25) is 24.0 Å². The molecule has 2 aromatic rings. The van der Waals surface area contributed by atoms with Gasteiger partial charge in [0, 0.05) is 24.9 Å². The van der Waals surface area contributed by atoms with Crippen LogP contribution in [0.25, 0.3) is 0 Å². The number of rotatable bonds is 16. The van der Waals surface area contributed by atoms with Crippen molar-refractivity contribution in [3.63, 3.8) is 0 Å².